The molecule has 0 saturated carbocycles. The van der Waals surface area contributed by atoms with Crippen molar-refractivity contribution in [3.05, 3.63) is 35.4 Å². The van der Waals surface area contributed by atoms with E-state index in [-0.39, 0.29) is 12.2 Å². The van der Waals surface area contributed by atoms with Crippen LogP contribution < -0.4 is 0 Å². The highest BCUT2D eigenvalue weighted by Gasteiger charge is 2.35. The Labute approximate surface area is 125 Å². The second kappa shape index (κ2) is 6.89. The third kappa shape index (κ3) is 3.34. The smallest absolute Gasteiger partial charge is 0.329 e. The first-order valence-electron chi connectivity index (χ1n) is 6.55. The predicted molar refractivity (Wildman–Crippen MR) is 75.1 cm³/mol. The van der Waals surface area contributed by atoms with Crippen LogP contribution in [-0.2, 0) is 9.53 Å². The molecule has 0 radical (unpaired) electrons. The van der Waals surface area contributed by atoms with E-state index in [2.05, 4.69) is 0 Å². The number of halogens is 2. The lowest BCUT2D eigenvalue weighted by molar-refractivity contribution is -0.147. The minimum absolute atomic E-state index is 0.205. The summed E-state index contributed by atoms with van der Waals surface area (Å²) in [7, 11) is 0. The van der Waals surface area contributed by atoms with Gasteiger partial charge in [0.15, 0.2) is 11.6 Å². The lowest BCUT2D eigenvalue weighted by atomic mass is 10.1. The van der Waals surface area contributed by atoms with Gasteiger partial charge in [0.1, 0.15) is 6.04 Å². The predicted octanol–water partition coefficient (Wildman–Crippen LogP) is 2.09. The average Bonchev–Trinajstić information content (AvgIpc) is 2.49. The van der Waals surface area contributed by atoms with Crippen LogP contribution in [0.25, 0.3) is 0 Å². The summed E-state index contributed by atoms with van der Waals surface area (Å²) in [4.78, 5) is 25.5. The third-order valence-corrected chi connectivity index (χ3v) is 4.15. The summed E-state index contributed by atoms with van der Waals surface area (Å²) < 4.78 is 31.9. The lowest BCUT2D eigenvalue weighted by Crippen LogP contribution is -2.51. The summed E-state index contributed by atoms with van der Waals surface area (Å²) in [5.74, 6) is -2.46. The Morgan fingerprint density at radius 1 is 1.43 bits per heavy atom. The van der Waals surface area contributed by atoms with E-state index >= 15 is 0 Å². The van der Waals surface area contributed by atoms with Crippen molar-refractivity contribution >= 4 is 23.6 Å². The number of rotatable bonds is 3. The van der Waals surface area contributed by atoms with E-state index in [0.717, 1.165) is 6.07 Å². The Kier molecular flexibility index (Phi) is 5.17. The number of carbonyl (C=O) groups excluding carboxylic acids is 2. The van der Waals surface area contributed by atoms with Crippen LogP contribution in [-0.4, -0.2) is 47.5 Å². The van der Waals surface area contributed by atoms with Gasteiger partial charge in [-0.1, -0.05) is 6.07 Å². The molecule has 1 amide bonds. The van der Waals surface area contributed by atoms with Gasteiger partial charge in [0, 0.05) is 18.1 Å². The molecule has 0 N–H and O–H groups in total. The maximum Gasteiger partial charge on any atom is 0.329 e. The zero-order valence-electron chi connectivity index (χ0n) is 11.5. The fourth-order valence-electron chi connectivity index (χ4n) is 2.10. The van der Waals surface area contributed by atoms with Gasteiger partial charge in [0.2, 0.25) is 0 Å². The maximum atomic E-state index is 13.7. The number of thioether (sulfide) groups is 1. The van der Waals surface area contributed by atoms with Gasteiger partial charge in [-0.05, 0) is 19.1 Å². The van der Waals surface area contributed by atoms with Gasteiger partial charge < -0.3 is 9.64 Å². The number of hydrogen-bond acceptors (Lipinski definition) is 4. The van der Waals surface area contributed by atoms with Crippen LogP contribution in [0.15, 0.2) is 18.2 Å². The van der Waals surface area contributed by atoms with Crippen molar-refractivity contribution in [1.82, 2.24) is 4.90 Å². The SMILES string of the molecule is CCOC(=O)C1CSCCN1C(=O)c1cccc(F)c1F. The quantitative estimate of drug-likeness (QED) is 0.801. The van der Waals surface area contributed by atoms with Gasteiger partial charge in [-0.25, -0.2) is 13.6 Å². The van der Waals surface area contributed by atoms with Crippen LogP contribution in [0.3, 0.4) is 0 Å². The van der Waals surface area contributed by atoms with E-state index in [1.54, 1.807) is 6.92 Å². The molecule has 2 rings (SSSR count). The van der Waals surface area contributed by atoms with Crippen LogP contribution in [0, 0.1) is 11.6 Å². The Balaban J connectivity index is 2.26. The molecule has 1 aromatic rings. The molecule has 1 fully saturated rings. The fourth-order valence-corrected chi connectivity index (χ4v) is 3.14. The second-order valence-corrected chi connectivity index (χ2v) is 5.59. The van der Waals surface area contributed by atoms with Crippen molar-refractivity contribution in [2.45, 2.75) is 13.0 Å². The molecule has 1 unspecified atom stereocenters. The van der Waals surface area contributed by atoms with E-state index in [4.69, 9.17) is 4.74 Å². The molecule has 1 atom stereocenters. The van der Waals surface area contributed by atoms with Crippen molar-refractivity contribution in [2.75, 3.05) is 24.7 Å². The number of carbonyl (C=O) groups is 2. The molecule has 114 valence electrons. The van der Waals surface area contributed by atoms with Crippen LogP contribution in [0.2, 0.25) is 0 Å². The maximum absolute atomic E-state index is 13.7. The van der Waals surface area contributed by atoms with E-state index < -0.39 is 29.6 Å². The van der Waals surface area contributed by atoms with E-state index in [0.29, 0.717) is 18.1 Å². The van der Waals surface area contributed by atoms with Gasteiger partial charge in [0.25, 0.3) is 5.91 Å². The molecule has 1 aliphatic heterocycles. The zero-order valence-corrected chi connectivity index (χ0v) is 12.3. The van der Waals surface area contributed by atoms with Crippen LogP contribution >= 0.6 is 11.8 Å². The first kappa shape index (κ1) is 15.8. The monoisotopic (exact) mass is 315 g/mol. The number of ether oxygens (including phenoxy) is 1. The molecule has 1 aliphatic rings. The number of benzene rings is 1. The summed E-state index contributed by atoms with van der Waals surface area (Å²) in [6, 6.07) is 2.66. The second-order valence-electron chi connectivity index (χ2n) is 4.44. The summed E-state index contributed by atoms with van der Waals surface area (Å²) >= 11 is 1.52. The van der Waals surface area contributed by atoms with Gasteiger partial charge in [-0.2, -0.15) is 11.8 Å². The normalized spacial score (nSPS) is 18.4. The number of esters is 1. The summed E-state index contributed by atoms with van der Waals surface area (Å²) in [6.45, 7) is 2.17. The summed E-state index contributed by atoms with van der Waals surface area (Å²) in [5, 5.41) is 0. The largest absolute Gasteiger partial charge is 0.464 e. The van der Waals surface area contributed by atoms with Gasteiger partial charge in [-0.15, -0.1) is 0 Å². The highest BCUT2D eigenvalue weighted by atomic mass is 32.2. The minimum Gasteiger partial charge on any atom is -0.464 e. The summed E-state index contributed by atoms with van der Waals surface area (Å²) in [5.41, 5.74) is -0.365. The van der Waals surface area contributed by atoms with Crippen molar-refractivity contribution in [2.24, 2.45) is 0 Å². The Hall–Kier alpha value is -1.63. The van der Waals surface area contributed by atoms with Crippen LogP contribution in [0.1, 0.15) is 17.3 Å². The lowest BCUT2D eigenvalue weighted by Gasteiger charge is -2.33. The molecule has 1 saturated heterocycles. The minimum atomic E-state index is -1.19. The Morgan fingerprint density at radius 3 is 2.90 bits per heavy atom. The van der Waals surface area contributed by atoms with Crippen LogP contribution in [0.5, 0.6) is 0 Å². The fraction of sp³-hybridized carbons (Fsp3) is 0.429. The van der Waals surface area contributed by atoms with Crippen molar-refractivity contribution < 1.29 is 23.1 Å². The highest BCUT2D eigenvalue weighted by Crippen LogP contribution is 2.22. The highest BCUT2D eigenvalue weighted by molar-refractivity contribution is 7.99. The molecule has 1 heterocycles. The van der Waals surface area contributed by atoms with E-state index in [1.165, 1.54) is 28.8 Å². The Bertz CT molecular complexity index is 553. The van der Waals surface area contributed by atoms with Crippen LogP contribution in [0.4, 0.5) is 8.78 Å². The van der Waals surface area contributed by atoms with Gasteiger partial charge in [-0.3, -0.25) is 4.79 Å². The first-order chi connectivity index (χ1) is 10.1. The molecule has 0 spiro atoms. The van der Waals surface area contributed by atoms with Crippen molar-refractivity contribution in [3.63, 3.8) is 0 Å². The zero-order chi connectivity index (χ0) is 15.4. The Morgan fingerprint density at radius 2 is 2.19 bits per heavy atom. The topological polar surface area (TPSA) is 46.6 Å². The number of nitrogens with zero attached hydrogens (tertiary/aromatic N) is 1. The van der Waals surface area contributed by atoms with Gasteiger partial charge in [0.05, 0.1) is 12.2 Å². The molecule has 0 aromatic heterocycles. The first-order valence-corrected chi connectivity index (χ1v) is 7.71. The molecule has 0 bridgehead atoms. The molecular weight excluding hydrogens is 300 g/mol. The molecular formula is C14H15F2NO3S. The molecule has 0 aliphatic carbocycles. The molecule has 21 heavy (non-hydrogen) atoms. The van der Waals surface area contributed by atoms with Crippen molar-refractivity contribution in [3.8, 4) is 0 Å². The summed E-state index contributed by atoms with van der Waals surface area (Å²) in [6.07, 6.45) is 0. The number of hydrogen-bond donors (Lipinski definition) is 0. The van der Waals surface area contributed by atoms with Gasteiger partial charge >= 0.3 is 5.97 Å². The van der Waals surface area contributed by atoms with Crippen molar-refractivity contribution in [1.29, 1.82) is 0 Å². The third-order valence-electron chi connectivity index (χ3n) is 3.13. The molecule has 1 aromatic carbocycles. The molecule has 4 nitrogen and oxygen atoms in total. The number of amides is 1. The average molecular weight is 315 g/mol. The standard InChI is InChI=1S/C14H15F2NO3S/c1-2-20-14(19)11-8-21-7-6-17(11)13(18)9-4-3-5-10(15)12(9)16/h3-5,11H,2,6-8H2,1H3. The van der Waals surface area contributed by atoms with E-state index in [9.17, 15) is 18.4 Å². The van der Waals surface area contributed by atoms with E-state index in [1.807, 2.05) is 0 Å². The molecule has 7 heteroatoms.